The number of hydrogen-bond acceptors (Lipinski definition) is 8. The smallest absolute Gasteiger partial charge is 0.294 e. The van der Waals surface area contributed by atoms with Gasteiger partial charge >= 0.3 is 0 Å². The van der Waals surface area contributed by atoms with Gasteiger partial charge in [-0.2, -0.15) is 0 Å². The molecule has 0 aliphatic carbocycles. The highest BCUT2D eigenvalue weighted by molar-refractivity contribution is 9.10. The number of nitrogens with zero attached hydrogens (tertiary/aromatic N) is 4. The van der Waals surface area contributed by atoms with Crippen molar-refractivity contribution in [3.63, 3.8) is 0 Å². The molecule has 5 rings (SSSR count). The number of likely N-dealkylation sites (N-methyl/N-ethyl adjacent to an activating group) is 1. The van der Waals surface area contributed by atoms with Crippen LogP contribution in [-0.4, -0.2) is 78.4 Å². The summed E-state index contributed by atoms with van der Waals surface area (Å²) in [5.74, 6) is 0.810. The Morgan fingerprint density at radius 3 is 2.47 bits per heavy atom. The number of benzene rings is 1. The lowest BCUT2D eigenvalue weighted by Crippen LogP contribution is -2.45. The minimum absolute atomic E-state index is 0.00343. The Hall–Kier alpha value is -4.45. The molecular formula is C31H38BrN5O6. The van der Waals surface area contributed by atoms with Crippen molar-refractivity contribution >= 4 is 45.1 Å². The Labute approximate surface area is 260 Å². The number of fused-ring (bicyclic) bond motifs is 3. The topological polar surface area (TPSA) is 127 Å². The highest BCUT2D eigenvalue weighted by Gasteiger charge is 2.34. The average molecular weight is 657 g/mol. The number of ether oxygens (including phenoxy) is 2. The summed E-state index contributed by atoms with van der Waals surface area (Å²) in [6.45, 7) is 6.56. The van der Waals surface area contributed by atoms with Crippen LogP contribution in [0.5, 0.6) is 11.5 Å². The lowest BCUT2D eigenvalue weighted by atomic mass is 10.2. The maximum atomic E-state index is 12.8. The van der Waals surface area contributed by atoms with Crippen LogP contribution in [0.1, 0.15) is 37.0 Å². The molecule has 3 aromatic heterocycles. The van der Waals surface area contributed by atoms with Crippen molar-refractivity contribution in [3.8, 4) is 11.5 Å². The third-order valence-corrected chi connectivity index (χ3v) is 6.35. The van der Waals surface area contributed by atoms with E-state index in [1.165, 1.54) is 9.80 Å². The lowest BCUT2D eigenvalue weighted by Gasteiger charge is -2.26. The van der Waals surface area contributed by atoms with Crippen LogP contribution in [0, 0.1) is 0 Å². The van der Waals surface area contributed by atoms with Gasteiger partial charge in [-0.15, -0.1) is 0 Å². The first-order valence-electron chi connectivity index (χ1n) is 13.6. The molecule has 1 aliphatic rings. The fourth-order valence-electron chi connectivity index (χ4n) is 3.66. The summed E-state index contributed by atoms with van der Waals surface area (Å²) in [6.07, 6.45) is 5.79. The number of amides is 3. The normalized spacial score (nSPS) is 13.2. The maximum absolute atomic E-state index is 12.8. The molecule has 1 N–H and O–H groups in total. The molecule has 0 saturated carbocycles. The van der Waals surface area contributed by atoms with Gasteiger partial charge in [0.05, 0.1) is 25.1 Å². The average Bonchev–Trinajstić information content (AvgIpc) is 3.35. The number of hydrogen-bond donors (Lipinski definition) is 1. The van der Waals surface area contributed by atoms with Crippen LogP contribution < -0.4 is 14.8 Å². The van der Waals surface area contributed by atoms with Crippen molar-refractivity contribution in [2.45, 2.75) is 33.4 Å². The fourth-order valence-corrected chi connectivity index (χ4v) is 4.00. The standard InChI is InChI=1S/C16H17BrN2O4.C8H10N2O2.C5H5N.C2H6/c1-9-8-22-14-11-5-4-10(17)6-12(11)23-15(14)16(21)19(9)7-13(20)18(2)3;1-12-8-3-2-4-10-7(8)5-9-6-11;1-2-4-6-5-3-1;1-2/h4-6,9H,7-8H2,1-3H3;2-4,6H,5H2,1H3,(H,9,11);1-5H;1-2H3. The number of pyridine rings is 2. The third kappa shape index (κ3) is 10.1. The number of rotatable bonds is 6. The molecule has 1 unspecified atom stereocenters. The number of furan rings is 1. The molecule has 1 aliphatic heterocycles. The predicted octanol–water partition coefficient (Wildman–Crippen LogP) is 4.95. The predicted molar refractivity (Wildman–Crippen MR) is 168 cm³/mol. The van der Waals surface area contributed by atoms with Crippen LogP contribution in [0.15, 0.2) is 76.0 Å². The van der Waals surface area contributed by atoms with Gasteiger partial charge in [0, 0.05) is 37.2 Å². The van der Waals surface area contributed by atoms with Crippen molar-refractivity contribution in [2.24, 2.45) is 0 Å². The molecule has 11 nitrogen and oxygen atoms in total. The van der Waals surface area contributed by atoms with Crippen molar-refractivity contribution in [1.82, 2.24) is 25.1 Å². The Kier molecular flexibility index (Phi) is 14.7. The molecule has 12 heteroatoms. The number of carbonyl (C=O) groups excluding carboxylic acids is 3. The van der Waals surface area contributed by atoms with Crippen LogP contribution >= 0.6 is 15.9 Å². The van der Waals surface area contributed by atoms with E-state index in [2.05, 4.69) is 31.2 Å². The molecule has 1 aromatic carbocycles. The van der Waals surface area contributed by atoms with Gasteiger partial charge in [0.15, 0.2) is 5.75 Å². The minimum Gasteiger partial charge on any atom is -0.495 e. The second-order valence-corrected chi connectivity index (χ2v) is 9.87. The first-order chi connectivity index (χ1) is 20.8. The van der Waals surface area contributed by atoms with Gasteiger partial charge in [-0.3, -0.25) is 24.4 Å². The highest BCUT2D eigenvalue weighted by atomic mass is 79.9. The van der Waals surface area contributed by atoms with E-state index < -0.39 is 0 Å². The highest BCUT2D eigenvalue weighted by Crippen LogP contribution is 2.37. The van der Waals surface area contributed by atoms with Crippen LogP contribution in [0.2, 0.25) is 0 Å². The summed E-state index contributed by atoms with van der Waals surface area (Å²) < 4.78 is 17.4. The SMILES string of the molecule is CC.CC1COc2c(oc3cc(Br)ccc23)C(=O)N1CC(=O)N(C)C.COc1cccnc1CNC=O.c1ccncc1. The lowest BCUT2D eigenvalue weighted by molar-refractivity contribution is -0.129. The van der Waals surface area contributed by atoms with E-state index in [0.29, 0.717) is 36.6 Å². The summed E-state index contributed by atoms with van der Waals surface area (Å²) in [4.78, 5) is 45.6. The van der Waals surface area contributed by atoms with Crippen LogP contribution in [0.3, 0.4) is 0 Å². The molecule has 0 fully saturated rings. The van der Waals surface area contributed by atoms with Gasteiger partial charge in [0.1, 0.15) is 30.2 Å². The number of carbonyl (C=O) groups is 3. The summed E-state index contributed by atoms with van der Waals surface area (Å²) in [6, 6.07) is 14.6. The van der Waals surface area contributed by atoms with E-state index in [4.69, 9.17) is 13.9 Å². The molecular weight excluding hydrogens is 618 g/mol. The zero-order chi connectivity index (χ0) is 31.8. The number of nitrogens with one attached hydrogen (secondary N) is 1. The van der Waals surface area contributed by atoms with Gasteiger partial charge in [-0.05, 0) is 49.4 Å². The van der Waals surface area contributed by atoms with E-state index in [9.17, 15) is 14.4 Å². The fraction of sp³-hybridized carbons (Fsp3) is 0.323. The van der Waals surface area contributed by atoms with Crippen molar-refractivity contribution < 1.29 is 28.3 Å². The van der Waals surface area contributed by atoms with Crippen LogP contribution in [0.4, 0.5) is 0 Å². The summed E-state index contributed by atoms with van der Waals surface area (Å²) >= 11 is 3.38. The van der Waals surface area contributed by atoms with Crippen molar-refractivity contribution in [1.29, 1.82) is 0 Å². The van der Waals surface area contributed by atoms with Crippen LogP contribution in [-0.2, 0) is 16.1 Å². The first-order valence-corrected chi connectivity index (χ1v) is 14.4. The summed E-state index contributed by atoms with van der Waals surface area (Å²) in [7, 11) is 4.90. The summed E-state index contributed by atoms with van der Waals surface area (Å²) in [5.41, 5.74) is 1.30. The van der Waals surface area contributed by atoms with E-state index in [-0.39, 0.29) is 30.2 Å². The Bertz CT molecular complexity index is 1420. The van der Waals surface area contributed by atoms with Gasteiger partial charge in [-0.25, -0.2) is 0 Å². The van der Waals surface area contributed by atoms with Crippen LogP contribution in [0.25, 0.3) is 11.0 Å². The molecule has 4 aromatic rings. The van der Waals surface area contributed by atoms with Gasteiger partial charge in [-0.1, -0.05) is 35.8 Å². The molecule has 4 heterocycles. The second kappa shape index (κ2) is 18.2. The largest absolute Gasteiger partial charge is 0.495 e. The number of aromatic nitrogens is 2. The van der Waals surface area contributed by atoms with E-state index >= 15 is 0 Å². The molecule has 0 saturated heterocycles. The van der Waals surface area contributed by atoms with E-state index in [1.54, 1.807) is 58.0 Å². The van der Waals surface area contributed by atoms with Gasteiger partial charge < -0.3 is 29.0 Å². The Balaban J connectivity index is 0.000000267. The Morgan fingerprint density at radius 2 is 1.88 bits per heavy atom. The van der Waals surface area contributed by atoms with Crippen molar-refractivity contribution in [3.05, 3.63) is 83.0 Å². The zero-order valence-electron chi connectivity index (χ0n) is 25.2. The molecule has 230 valence electrons. The summed E-state index contributed by atoms with van der Waals surface area (Å²) in [5, 5.41) is 3.27. The number of halogens is 1. The van der Waals surface area contributed by atoms with Gasteiger partial charge in [0.2, 0.25) is 18.1 Å². The molecule has 0 bridgehead atoms. The monoisotopic (exact) mass is 655 g/mol. The first kappa shape index (κ1) is 34.7. The van der Waals surface area contributed by atoms with E-state index in [1.807, 2.05) is 51.1 Å². The van der Waals surface area contributed by atoms with Gasteiger partial charge in [0.25, 0.3) is 5.91 Å². The second-order valence-electron chi connectivity index (χ2n) is 8.96. The molecule has 0 spiro atoms. The number of methoxy groups -OCH3 is 1. The molecule has 43 heavy (non-hydrogen) atoms. The quantitative estimate of drug-likeness (QED) is 0.289. The third-order valence-electron chi connectivity index (χ3n) is 5.85. The molecule has 1 atom stereocenters. The zero-order valence-corrected chi connectivity index (χ0v) is 26.8. The minimum atomic E-state index is -0.326. The van der Waals surface area contributed by atoms with Crippen molar-refractivity contribution in [2.75, 3.05) is 34.4 Å². The molecule has 3 amide bonds. The molecule has 0 radical (unpaired) electrons. The maximum Gasteiger partial charge on any atom is 0.294 e. The Morgan fingerprint density at radius 1 is 1.16 bits per heavy atom. The van der Waals surface area contributed by atoms with E-state index in [0.717, 1.165) is 15.6 Å².